The van der Waals surface area contributed by atoms with Gasteiger partial charge < -0.3 is 10.1 Å². The average molecular weight is 332 g/mol. The van der Waals surface area contributed by atoms with Crippen molar-refractivity contribution in [3.8, 4) is 0 Å². The highest BCUT2D eigenvalue weighted by molar-refractivity contribution is 8.13. The van der Waals surface area contributed by atoms with Crippen molar-refractivity contribution in [2.45, 2.75) is 24.2 Å². The normalized spacial score (nSPS) is 16.5. The molecule has 0 bridgehead atoms. The van der Waals surface area contributed by atoms with Gasteiger partial charge in [0.1, 0.15) is 0 Å². The number of nitrogens with one attached hydrogen (secondary N) is 1. The maximum atomic E-state index is 12.1. The molecule has 0 heterocycles. The molecular formula is C14H18ClNO4S. The summed E-state index contributed by atoms with van der Waals surface area (Å²) >= 11 is 0. The first-order chi connectivity index (χ1) is 9.86. The minimum atomic E-state index is -3.83. The second-order valence-corrected chi connectivity index (χ2v) is 7.96. The third-order valence-electron chi connectivity index (χ3n) is 3.80. The minimum Gasteiger partial charge on any atom is -0.385 e. The number of hydrogen-bond donors (Lipinski definition) is 1. The average Bonchev–Trinajstić information content (AvgIpc) is 3.22. The molecule has 1 N–H and O–H groups in total. The van der Waals surface area contributed by atoms with E-state index in [2.05, 4.69) is 5.32 Å². The summed E-state index contributed by atoms with van der Waals surface area (Å²) in [5.41, 5.74) is 0.432. The van der Waals surface area contributed by atoms with E-state index in [0.717, 1.165) is 19.3 Å². The first kappa shape index (κ1) is 16.3. The molecule has 1 aliphatic rings. The summed E-state index contributed by atoms with van der Waals surface area (Å²) in [6, 6.07) is 5.71. The largest absolute Gasteiger partial charge is 0.385 e. The number of rotatable bonds is 7. The zero-order chi connectivity index (χ0) is 15.5. The van der Waals surface area contributed by atoms with Gasteiger partial charge in [-0.2, -0.15) is 0 Å². The monoisotopic (exact) mass is 331 g/mol. The molecule has 7 heteroatoms. The van der Waals surface area contributed by atoms with Gasteiger partial charge >= 0.3 is 0 Å². The van der Waals surface area contributed by atoms with Gasteiger partial charge in [0.2, 0.25) is 0 Å². The Hall–Kier alpha value is -1.11. The third-order valence-corrected chi connectivity index (χ3v) is 5.15. The molecule has 1 saturated carbocycles. The van der Waals surface area contributed by atoms with E-state index in [1.54, 1.807) is 13.2 Å². The van der Waals surface area contributed by atoms with Gasteiger partial charge in [-0.3, -0.25) is 4.79 Å². The van der Waals surface area contributed by atoms with E-state index in [1.807, 2.05) is 0 Å². The number of hydrogen-bond acceptors (Lipinski definition) is 4. The van der Waals surface area contributed by atoms with Gasteiger partial charge in [-0.15, -0.1) is 0 Å². The van der Waals surface area contributed by atoms with E-state index in [4.69, 9.17) is 15.4 Å². The van der Waals surface area contributed by atoms with Crippen molar-refractivity contribution in [1.82, 2.24) is 5.32 Å². The first-order valence-electron chi connectivity index (χ1n) is 6.68. The van der Waals surface area contributed by atoms with E-state index in [0.29, 0.717) is 18.7 Å². The summed E-state index contributed by atoms with van der Waals surface area (Å²) in [7, 11) is 3.11. The fourth-order valence-corrected chi connectivity index (χ4v) is 2.97. The van der Waals surface area contributed by atoms with Crippen LogP contribution in [0.2, 0.25) is 0 Å². The smallest absolute Gasteiger partial charge is 0.261 e. The van der Waals surface area contributed by atoms with Crippen molar-refractivity contribution in [3.63, 3.8) is 0 Å². The van der Waals surface area contributed by atoms with Gasteiger partial charge in [-0.05, 0) is 42.9 Å². The molecule has 21 heavy (non-hydrogen) atoms. The van der Waals surface area contributed by atoms with Crippen LogP contribution in [-0.4, -0.2) is 34.6 Å². The molecule has 1 aromatic carbocycles. The molecule has 2 rings (SSSR count). The Balaban J connectivity index is 1.98. The van der Waals surface area contributed by atoms with Crippen molar-refractivity contribution in [3.05, 3.63) is 29.8 Å². The highest BCUT2D eigenvalue weighted by atomic mass is 35.7. The minimum absolute atomic E-state index is 0.0719. The van der Waals surface area contributed by atoms with Crippen LogP contribution in [-0.2, 0) is 13.8 Å². The van der Waals surface area contributed by atoms with Crippen molar-refractivity contribution in [1.29, 1.82) is 0 Å². The van der Waals surface area contributed by atoms with Crippen LogP contribution < -0.4 is 5.32 Å². The molecule has 0 unspecified atom stereocenters. The number of amides is 1. The Morgan fingerprint density at radius 1 is 1.43 bits per heavy atom. The third kappa shape index (κ3) is 4.43. The van der Waals surface area contributed by atoms with Gasteiger partial charge in [0.15, 0.2) is 0 Å². The highest BCUT2D eigenvalue weighted by Crippen LogP contribution is 2.48. The molecule has 116 valence electrons. The Labute approximate surface area is 129 Å². The maximum absolute atomic E-state index is 12.1. The van der Waals surface area contributed by atoms with Gasteiger partial charge in [0.25, 0.3) is 15.0 Å². The van der Waals surface area contributed by atoms with Crippen molar-refractivity contribution in [2.24, 2.45) is 5.41 Å². The van der Waals surface area contributed by atoms with E-state index in [9.17, 15) is 13.2 Å². The van der Waals surface area contributed by atoms with E-state index in [-0.39, 0.29) is 16.2 Å². The maximum Gasteiger partial charge on any atom is 0.261 e. The Kier molecular flexibility index (Phi) is 4.91. The van der Waals surface area contributed by atoms with Crippen LogP contribution in [0.5, 0.6) is 0 Å². The summed E-state index contributed by atoms with van der Waals surface area (Å²) < 4.78 is 27.6. The summed E-state index contributed by atoms with van der Waals surface area (Å²) in [6.45, 7) is 1.25. The summed E-state index contributed by atoms with van der Waals surface area (Å²) in [5.74, 6) is -0.291. The zero-order valence-corrected chi connectivity index (χ0v) is 13.3. The van der Waals surface area contributed by atoms with Crippen LogP contribution >= 0.6 is 10.7 Å². The molecule has 1 fully saturated rings. The molecule has 1 amide bonds. The molecular weight excluding hydrogens is 314 g/mol. The van der Waals surface area contributed by atoms with Crippen LogP contribution in [0.4, 0.5) is 0 Å². The van der Waals surface area contributed by atoms with Crippen molar-refractivity contribution in [2.75, 3.05) is 20.3 Å². The topological polar surface area (TPSA) is 72.5 Å². The SMILES string of the molecule is COCCC1(CNC(=O)c2cccc(S(=O)(=O)Cl)c2)CC1. The van der Waals surface area contributed by atoms with Crippen LogP contribution in [0.15, 0.2) is 29.2 Å². The number of carbonyl (C=O) groups excluding carboxylic acids is 1. The first-order valence-corrected chi connectivity index (χ1v) is 8.99. The van der Waals surface area contributed by atoms with Crippen LogP contribution in [0.25, 0.3) is 0 Å². The highest BCUT2D eigenvalue weighted by Gasteiger charge is 2.42. The van der Waals surface area contributed by atoms with E-state index < -0.39 is 9.05 Å². The lowest BCUT2D eigenvalue weighted by Crippen LogP contribution is -2.30. The lowest BCUT2D eigenvalue weighted by atomic mass is 10.0. The molecule has 0 saturated heterocycles. The van der Waals surface area contributed by atoms with E-state index >= 15 is 0 Å². The summed E-state index contributed by atoms with van der Waals surface area (Å²) in [6.07, 6.45) is 3.07. The second-order valence-electron chi connectivity index (χ2n) is 5.39. The molecule has 5 nitrogen and oxygen atoms in total. The molecule has 0 atom stereocenters. The zero-order valence-electron chi connectivity index (χ0n) is 11.8. The fraction of sp³-hybridized carbons (Fsp3) is 0.500. The van der Waals surface area contributed by atoms with Gasteiger partial charge in [-0.25, -0.2) is 8.42 Å². The van der Waals surface area contributed by atoms with Crippen LogP contribution in [0.1, 0.15) is 29.6 Å². The molecule has 0 aromatic heterocycles. The number of carbonyl (C=O) groups is 1. The quantitative estimate of drug-likeness (QED) is 0.777. The fourth-order valence-electron chi connectivity index (χ4n) is 2.17. The molecule has 0 radical (unpaired) electrons. The molecule has 1 aliphatic carbocycles. The van der Waals surface area contributed by atoms with Crippen LogP contribution in [0, 0.1) is 5.41 Å². The predicted octanol–water partition coefficient (Wildman–Crippen LogP) is 2.16. The summed E-state index contributed by atoms with van der Waals surface area (Å²) in [5, 5.41) is 2.86. The number of methoxy groups -OCH3 is 1. The lowest BCUT2D eigenvalue weighted by Gasteiger charge is -2.15. The van der Waals surface area contributed by atoms with Crippen molar-refractivity contribution < 1.29 is 17.9 Å². The lowest BCUT2D eigenvalue weighted by molar-refractivity contribution is 0.0937. The van der Waals surface area contributed by atoms with Crippen molar-refractivity contribution >= 4 is 25.6 Å². The Bertz CT molecular complexity index is 626. The van der Waals surface area contributed by atoms with Gasteiger partial charge in [0, 0.05) is 36.5 Å². The second kappa shape index (κ2) is 6.34. The molecule has 1 aromatic rings. The number of benzene rings is 1. The van der Waals surface area contributed by atoms with Gasteiger partial charge in [0.05, 0.1) is 4.90 Å². The summed E-state index contributed by atoms with van der Waals surface area (Å²) in [4.78, 5) is 12.0. The van der Waals surface area contributed by atoms with Crippen LogP contribution in [0.3, 0.4) is 0 Å². The Morgan fingerprint density at radius 3 is 2.71 bits per heavy atom. The molecule has 0 spiro atoms. The Morgan fingerprint density at radius 2 is 2.14 bits per heavy atom. The number of halogens is 1. The predicted molar refractivity (Wildman–Crippen MR) is 80.0 cm³/mol. The van der Waals surface area contributed by atoms with Gasteiger partial charge in [-0.1, -0.05) is 6.07 Å². The molecule has 0 aliphatic heterocycles. The number of ether oxygens (including phenoxy) is 1. The van der Waals surface area contributed by atoms with E-state index in [1.165, 1.54) is 18.2 Å². The standard InChI is InChI=1S/C14H18ClNO4S/c1-20-8-7-14(5-6-14)10-16-13(17)11-3-2-4-12(9-11)21(15,18)19/h2-4,9H,5-8,10H2,1H3,(H,16,17).